The van der Waals surface area contributed by atoms with E-state index in [0.29, 0.717) is 0 Å². The molecule has 0 unspecified atom stereocenters. The van der Waals surface area contributed by atoms with Crippen LogP contribution in [0.1, 0.15) is 29.7 Å². The van der Waals surface area contributed by atoms with Crippen LogP contribution in [-0.2, 0) is 0 Å². The summed E-state index contributed by atoms with van der Waals surface area (Å²) in [5, 5.41) is 0.997. The average molecular weight is 258 g/mol. The number of benzene rings is 1. The Labute approximate surface area is 113 Å². The number of hydrogen-bond donors (Lipinski definition) is 1. The predicted octanol–water partition coefficient (Wildman–Crippen LogP) is 3.87. The van der Waals surface area contributed by atoms with Crippen molar-refractivity contribution in [3.63, 3.8) is 0 Å². The van der Waals surface area contributed by atoms with Crippen molar-refractivity contribution in [2.45, 2.75) is 36.7 Å². The molecule has 2 N–H and O–H groups in total. The molecule has 2 aromatic rings. The summed E-state index contributed by atoms with van der Waals surface area (Å²) in [5.41, 5.74) is 9.58. The number of nitrogens with two attached hydrogens (primary N) is 1. The van der Waals surface area contributed by atoms with Gasteiger partial charge in [-0.05, 0) is 50.1 Å². The van der Waals surface area contributed by atoms with Gasteiger partial charge in [0.15, 0.2) is 0 Å². The lowest BCUT2D eigenvalue weighted by atomic mass is 10.1. The molecule has 0 amide bonds. The second-order valence-corrected chi connectivity index (χ2v) is 5.65. The SMILES string of the molecule is Cc1ccc(Sc2cc([C@H](C)N)ccn2)c(C)c1. The van der Waals surface area contributed by atoms with Crippen LogP contribution in [0.3, 0.4) is 0 Å². The van der Waals surface area contributed by atoms with Crippen LogP contribution >= 0.6 is 11.8 Å². The van der Waals surface area contributed by atoms with Gasteiger partial charge in [-0.1, -0.05) is 29.5 Å². The lowest BCUT2D eigenvalue weighted by molar-refractivity contribution is 0.808. The minimum Gasteiger partial charge on any atom is -0.324 e. The molecule has 0 aliphatic rings. The standard InChI is InChI=1S/C15H18N2S/c1-10-4-5-14(11(2)8-10)18-15-9-13(12(3)16)6-7-17-15/h4-9,12H,16H2,1-3H3/t12-/m0/s1. The summed E-state index contributed by atoms with van der Waals surface area (Å²) < 4.78 is 0. The van der Waals surface area contributed by atoms with E-state index in [1.54, 1.807) is 11.8 Å². The Morgan fingerprint density at radius 2 is 1.94 bits per heavy atom. The van der Waals surface area contributed by atoms with E-state index in [2.05, 4.69) is 43.1 Å². The third-order valence-electron chi connectivity index (χ3n) is 2.83. The monoisotopic (exact) mass is 258 g/mol. The highest BCUT2D eigenvalue weighted by Crippen LogP contribution is 2.30. The fourth-order valence-corrected chi connectivity index (χ4v) is 2.68. The van der Waals surface area contributed by atoms with Crippen molar-refractivity contribution in [2.24, 2.45) is 5.73 Å². The van der Waals surface area contributed by atoms with Crippen LogP contribution in [-0.4, -0.2) is 4.98 Å². The number of aromatic nitrogens is 1. The Balaban J connectivity index is 2.25. The molecule has 1 aromatic heterocycles. The zero-order chi connectivity index (χ0) is 13.1. The van der Waals surface area contributed by atoms with E-state index in [0.717, 1.165) is 10.6 Å². The molecule has 0 saturated carbocycles. The van der Waals surface area contributed by atoms with Crippen molar-refractivity contribution in [1.82, 2.24) is 4.98 Å². The van der Waals surface area contributed by atoms with Crippen molar-refractivity contribution in [1.29, 1.82) is 0 Å². The number of pyridine rings is 1. The molecule has 2 nitrogen and oxygen atoms in total. The molecule has 1 atom stereocenters. The number of rotatable bonds is 3. The molecule has 3 heteroatoms. The van der Waals surface area contributed by atoms with Crippen molar-refractivity contribution >= 4 is 11.8 Å². The van der Waals surface area contributed by atoms with Crippen molar-refractivity contribution in [3.05, 3.63) is 53.2 Å². The minimum absolute atomic E-state index is 0.0477. The van der Waals surface area contributed by atoms with Gasteiger partial charge >= 0.3 is 0 Å². The number of aryl methyl sites for hydroxylation is 2. The normalized spacial score (nSPS) is 12.4. The molecule has 0 saturated heterocycles. The average Bonchev–Trinajstić information content (AvgIpc) is 2.33. The van der Waals surface area contributed by atoms with Gasteiger partial charge in [0, 0.05) is 17.1 Å². The van der Waals surface area contributed by atoms with Crippen molar-refractivity contribution in [3.8, 4) is 0 Å². The Hall–Kier alpha value is -1.32. The van der Waals surface area contributed by atoms with Crippen LogP contribution in [0.2, 0.25) is 0 Å². The van der Waals surface area contributed by atoms with Gasteiger partial charge < -0.3 is 5.73 Å². The molecule has 1 aromatic carbocycles. The first-order valence-corrected chi connectivity index (χ1v) is 6.84. The van der Waals surface area contributed by atoms with Crippen LogP contribution in [0.15, 0.2) is 46.5 Å². The second kappa shape index (κ2) is 5.55. The number of nitrogens with zero attached hydrogens (tertiary/aromatic N) is 1. The highest BCUT2D eigenvalue weighted by atomic mass is 32.2. The summed E-state index contributed by atoms with van der Waals surface area (Å²) in [6, 6.07) is 10.6. The first-order valence-electron chi connectivity index (χ1n) is 6.03. The summed E-state index contributed by atoms with van der Waals surface area (Å²) >= 11 is 1.69. The molecular formula is C15H18N2S. The fourth-order valence-electron chi connectivity index (χ4n) is 1.79. The van der Waals surface area contributed by atoms with Gasteiger partial charge in [-0.15, -0.1) is 0 Å². The topological polar surface area (TPSA) is 38.9 Å². The summed E-state index contributed by atoms with van der Waals surface area (Å²) in [4.78, 5) is 5.63. The third kappa shape index (κ3) is 3.12. The predicted molar refractivity (Wildman–Crippen MR) is 76.9 cm³/mol. The lowest BCUT2D eigenvalue weighted by Crippen LogP contribution is -2.04. The van der Waals surface area contributed by atoms with Gasteiger partial charge in [-0.2, -0.15) is 0 Å². The van der Waals surface area contributed by atoms with Crippen LogP contribution in [0.5, 0.6) is 0 Å². The molecular weight excluding hydrogens is 240 g/mol. The molecule has 94 valence electrons. The van der Waals surface area contributed by atoms with Crippen LogP contribution in [0, 0.1) is 13.8 Å². The quantitative estimate of drug-likeness (QED) is 0.908. The summed E-state index contributed by atoms with van der Waals surface area (Å²) in [6.07, 6.45) is 1.82. The van der Waals surface area contributed by atoms with E-state index in [1.165, 1.54) is 16.0 Å². The Morgan fingerprint density at radius 1 is 1.17 bits per heavy atom. The molecule has 0 bridgehead atoms. The molecule has 0 radical (unpaired) electrons. The molecule has 18 heavy (non-hydrogen) atoms. The van der Waals surface area contributed by atoms with Gasteiger partial charge in [0.05, 0.1) is 0 Å². The van der Waals surface area contributed by atoms with Crippen LogP contribution in [0.25, 0.3) is 0 Å². The maximum absolute atomic E-state index is 5.89. The van der Waals surface area contributed by atoms with Crippen LogP contribution in [0.4, 0.5) is 0 Å². The largest absolute Gasteiger partial charge is 0.324 e. The number of hydrogen-bond acceptors (Lipinski definition) is 3. The Bertz CT molecular complexity index is 550. The molecule has 0 aliphatic heterocycles. The van der Waals surface area contributed by atoms with E-state index in [9.17, 15) is 0 Å². The van der Waals surface area contributed by atoms with Crippen LogP contribution < -0.4 is 5.73 Å². The van der Waals surface area contributed by atoms with E-state index in [1.807, 2.05) is 19.2 Å². The van der Waals surface area contributed by atoms with Gasteiger partial charge in [0.2, 0.25) is 0 Å². The van der Waals surface area contributed by atoms with E-state index >= 15 is 0 Å². The van der Waals surface area contributed by atoms with E-state index < -0.39 is 0 Å². The first-order chi connectivity index (χ1) is 8.56. The summed E-state index contributed by atoms with van der Waals surface area (Å²) in [6.45, 7) is 6.22. The van der Waals surface area contributed by atoms with E-state index in [-0.39, 0.29) is 6.04 Å². The molecule has 1 heterocycles. The minimum atomic E-state index is 0.0477. The lowest BCUT2D eigenvalue weighted by Gasteiger charge is -2.09. The molecule has 0 spiro atoms. The fraction of sp³-hybridized carbons (Fsp3) is 0.267. The molecule has 2 rings (SSSR count). The highest BCUT2D eigenvalue weighted by Gasteiger charge is 2.05. The molecule has 0 aliphatic carbocycles. The van der Waals surface area contributed by atoms with Gasteiger partial charge in [-0.3, -0.25) is 0 Å². The summed E-state index contributed by atoms with van der Waals surface area (Å²) in [7, 11) is 0. The second-order valence-electron chi connectivity index (χ2n) is 4.59. The molecule has 0 fully saturated rings. The smallest absolute Gasteiger partial charge is 0.101 e. The third-order valence-corrected chi connectivity index (χ3v) is 3.94. The van der Waals surface area contributed by atoms with E-state index in [4.69, 9.17) is 5.73 Å². The Kier molecular flexibility index (Phi) is 4.04. The Morgan fingerprint density at radius 3 is 2.61 bits per heavy atom. The van der Waals surface area contributed by atoms with Gasteiger partial charge in [0.25, 0.3) is 0 Å². The van der Waals surface area contributed by atoms with Crippen molar-refractivity contribution in [2.75, 3.05) is 0 Å². The van der Waals surface area contributed by atoms with Gasteiger partial charge in [0.1, 0.15) is 5.03 Å². The van der Waals surface area contributed by atoms with Gasteiger partial charge in [-0.25, -0.2) is 4.98 Å². The summed E-state index contributed by atoms with van der Waals surface area (Å²) in [5.74, 6) is 0. The highest BCUT2D eigenvalue weighted by molar-refractivity contribution is 7.99. The maximum Gasteiger partial charge on any atom is 0.101 e. The zero-order valence-electron chi connectivity index (χ0n) is 11.0. The zero-order valence-corrected chi connectivity index (χ0v) is 11.8. The maximum atomic E-state index is 5.89. The first kappa shape index (κ1) is 13.1. The van der Waals surface area contributed by atoms with Crippen molar-refractivity contribution < 1.29 is 0 Å².